The summed E-state index contributed by atoms with van der Waals surface area (Å²) < 4.78 is 0. The predicted octanol–water partition coefficient (Wildman–Crippen LogP) is 0.951. The van der Waals surface area contributed by atoms with Gasteiger partial charge in [0, 0.05) is 11.2 Å². The molecule has 0 saturated heterocycles. The van der Waals surface area contributed by atoms with Crippen molar-refractivity contribution >= 4 is 13.4 Å². The van der Waals surface area contributed by atoms with Crippen LogP contribution in [-0.4, -0.2) is 23.2 Å². The van der Waals surface area contributed by atoms with Crippen LogP contribution in [-0.2, 0) is 0 Å². The van der Waals surface area contributed by atoms with Gasteiger partial charge in [-0.1, -0.05) is 6.07 Å². The zero-order valence-corrected chi connectivity index (χ0v) is 8.31. The summed E-state index contributed by atoms with van der Waals surface area (Å²) in [5, 5.41) is 17.4. The van der Waals surface area contributed by atoms with E-state index >= 15 is 0 Å². The molecule has 0 aliphatic carbocycles. The molecule has 2 aromatic rings. The first-order valence-corrected chi connectivity index (χ1v) is 4.56. The maximum atomic E-state index is 9.72. The van der Waals surface area contributed by atoms with Crippen LogP contribution in [0.25, 0.3) is 11.3 Å². The summed E-state index contributed by atoms with van der Waals surface area (Å²) in [5.41, 5.74) is 2.64. The molecular formula is C11H9BN2O. The fraction of sp³-hybridized carbons (Fsp3) is 0.0909. The van der Waals surface area contributed by atoms with Crippen molar-refractivity contribution in [2.75, 3.05) is 0 Å². The third-order valence-corrected chi connectivity index (χ3v) is 2.11. The highest BCUT2D eigenvalue weighted by atomic mass is 16.3. The van der Waals surface area contributed by atoms with Gasteiger partial charge in [-0.25, -0.2) is 0 Å². The molecule has 0 saturated carbocycles. The Hall–Kier alpha value is -1.84. The maximum absolute atomic E-state index is 9.72. The molecular weight excluding hydrogens is 187 g/mol. The van der Waals surface area contributed by atoms with Gasteiger partial charge < -0.3 is 5.11 Å². The Bertz CT molecular complexity index is 482. The minimum absolute atomic E-state index is 0.203. The molecule has 15 heavy (non-hydrogen) atoms. The lowest BCUT2D eigenvalue weighted by Crippen LogP contribution is -2.09. The highest BCUT2D eigenvalue weighted by Crippen LogP contribution is 2.27. The van der Waals surface area contributed by atoms with E-state index in [9.17, 15) is 5.11 Å². The summed E-state index contributed by atoms with van der Waals surface area (Å²) in [6, 6.07) is 8.79. The Morgan fingerprint density at radius 3 is 2.53 bits per heavy atom. The van der Waals surface area contributed by atoms with Crippen molar-refractivity contribution in [1.29, 1.82) is 0 Å². The Balaban J connectivity index is 2.49. The van der Waals surface area contributed by atoms with E-state index < -0.39 is 0 Å². The van der Waals surface area contributed by atoms with Crippen molar-refractivity contribution in [2.24, 2.45) is 0 Å². The number of aromatic hydroxyl groups is 1. The lowest BCUT2D eigenvalue weighted by atomic mass is 10.0. The van der Waals surface area contributed by atoms with Gasteiger partial charge in [0.05, 0.1) is 5.69 Å². The van der Waals surface area contributed by atoms with Crippen molar-refractivity contribution < 1.29 is 5.11 Å². The largest absolute Gasteiger partial charge is 0.507 e. The molecule has 1 aromatic carbocycles. The molecule has 1 aromatic heterocycles. The van der Waals surface area contributed by atoms with Gasteiger partial charge in [-0.05, 0) is 36.8 Å². The fourth-order valence-electron chi connectivity index (χ4n) is 1.34. The number of phenolic OH excluding ortho intramolecular Hbond substituents is 1. The topological polar surface area (TPSA) is 46.0 Å². The van der Waals surface area contributed by atoms with Gasteiger partial charge in [0.2, 0.25) is 0 Å². The number of hydrogen-bond donors (Lipinski definition) is 1. The molecule has 0 aliphatic rings. The van der Waals surface area contributed by atoms with Gasteiger partial charge >= 0.3 is 0 Å². The average molecular weight is 196 g/mol. The zero-order valence-electron chi connectivity index (χ0n) is 8.31. The van der Waals surface area contributed by atoms with Gasteiger partial charge in [0.1, 0.15) is 13.6 Å². The molecule has 0 bridgehead atoms. The van der Waals surface area contributed by atoms with Gasteiger partial charge in [0.15, 0.2) is 0 Å². The van der Waals surface area contributed by atoms with Crippen LogP contribution in [0, 0.1) is 6.92 Å². The second-order valence-electron chi connectivity index (χ2n) is 3.36. The third-order valence-electron chi connectivity index (χ3n) is 2.11. The van der Waals surface area contributed by atoms with Gasteiger partial charge in [-0.2, -0.15) is 10.2 Å². The molecule has 0 aliphatic heterocycles. The summed E-state index contributed by atoms with van der Waals surface area (Å²) in [6.45, 7) is 1.91. The van der Waals surface area contributed by atoms with Crippen molar-refractivity contribution in [1.82, 2.24) is 10.2 Å². The lowest BCUT2D eigenvalue weighted by molar-refractivity contribution is 0.476. The first-order valence-electron chi connectivity index (χ1n) is 4.56. The van der Waals surface area contributed by atoms with Crippen LogP contribution in [0.3, 0.4) is 0 Å². The van der Waals surface area contributed by atoms with Gasteiger partial charge in [-0.15, -0.1) is 0 Å². The summed E-state index contributed by atoms with van der Waals surface area (Å²) in [7, 11) is 5.43. The zero-order chi connectivity index (χ0) is 10.8. The van der Waals surface area contributed by atoms with E-state index in [-0.39, 0.29) is 5.75 Å². The van der Waals surface area contributed by atoms with Crippen LogP contribution >= 0.6 is 0 Å². The third kappa shape index (κ3) is 1.98. The summed E-state index contributed by atoms with van der Waals surface area (Å²) in [4.78, 5) is 0. The van der Waals surface area contributed by atoms with E-state index in [1.165, 1.54) is 0 Å². The Kier molecular flexibility index (Phi) is 2.41. The minimum Gasteiger partial charge on any atom is -0.507 e. The Morgan fingerprint density at radius 2 is 1.93 bits per heavy atom. The summed E-state index contributed by atoms with van der Waals surface area (Å²) in [5.74, 6) is 0.203. The number of aromatic nitrogens is 2. The number of nitrogens with zero attached hydrogens (tertiary/aromatic N) is 2. The molecule has 2 rings (SSSR count). The lowest BCUT2D eigenvalue weighted by Gasteiger charge is -2.04. The minimum atomic E-state index is 0.203. The van der Waals surface area contributed by atoms with Crippen molar-refractivity contribution in [3.63, 3.8) is 0 Å². The van der Waals surface area contributed by atoms with Crippen LogP contribution < -0.4 is 5.59 Å². The molecule has 4 heteroatoms. The first kappa shape index (κ1) is 9.71. The molecule has 1 heterocycles. The summed E-state index contributed by atoms with van der Waals surface area (Å²) in [6.07, 6.45) is 0. The standard InChI is InChI=1S/C11H9BN2O/c1-7-2-3-8(10(15)6-7)9-4-5-11(12)14-13-9/h2-6,15H,1H3. The normalized spacial score (nSPS) is 10.2. The molecule has 0 spiro atoms. The first-order chi connectivity index (χ1) is 7.16. The molecule has 0 fully saturated rings. The van der Waals surface area contributed by atoms with Crippen LogP contribution in [0.15, 0.2) is 30.3 Å². The SMILES string of the molecule is [B]c1ccc(-c2ccc(C)cc2O)nn1. The quantitative estimate of drug-likeness (QED) is 0.690. The molecule has 2 radical (unpaired) electrons. The van der Waals surface area contributed by atoms with E-state index in [1.54, 1.807) is 18.2 Å². The number of phenols is 1. The molecule has 3 nitrogen and oxygen atoms in total. The number of aryl methyl sites for hydroxylation is 1. The molecule has 0 unspecified atom stereocenters. The molecule has 1 N–H and O–H groups in total. The van der Waals surface area contributed by atoms with E-state index in [2.05, 4.69) is 10.2 Å². The number of benzene rings is 1. The number of hydrogen-bond acceptors (Lipinski definition) is 3. The second kappa shape index (κ2) is 3.73. The fourth-order valence-corrected chi connectivity index (χ4v) is 1.34. The van der Waals surface area contributed by atoms with Crippen molar-refractivity contribution in [3.05, 3.63) is 35.9 Å². The highest BCUT2D eigenvalue weighted by molar-refractivity contribution is 6.30. The average Bonchev–Trinajstić information content (AvgIpc) is 2.20. The molecule has 72 valence electrons. The van der Waals surface area contributed by atoms with Crippen LogP contribution in [0.5, 0.6) is 5.75 Å². The van der Waals surface area contributed by atoms with Gasteiger partial charge in [0.25, 0.3) is 0 Å². The molecule has 0 amide bonds. The van der Waals surface area contributed by atoms with Crippen molar-refractivity contribution in [3.8, 4) is 17.0 Å². The Labute approximate surface area is 89.2 Å². The van der Waals surface area contributed by atoms with Crippen molar-refractivity contribution in [2.45, 2.75) is 6.92 Å². The highest BCUT2D eigenvalue weighted by Gasteiger charge is 2.05. The van der Waals surface area contributed by atoms with E-state index in [0.29, 0.717) is 16.9 Å². The van der Waals surface area contributed by atoms with E-state index in [4.69, 9.17) is 7.85 Å². The van der Waals surface area contributed by atoms with Crippen LogP contribution in [0.1, 0.15) is 5.56 Å². The molecule has 0 atom stereocenters. The maximum Gasteiger partial charge on any atom is 0.144 e. The van der Waals surface area contributed by atoms with Crippen LogP contribution in [0.2, 0.25) is 0 Å². The smallest absolute Gasteiger partial charge is 0.144 e. The second-order valence-corrected chi connectivity index (χ2v) is 3.36. The van der Waals surface area contributed by atoms with Crippen LogP contribution in [0.4, 0.5) is 0 Å². The van der Waals surface area contributed by atoms with E-state index in [0.717, 1.165) is 5.56 Å². The van der Waals surface area contributed by atoms with Gasteiger partial charge in [-0.3, -0.25) is 0 Å². The van der Waals surface area contributed by atoms with E-state index in [1.807, 2.05) is 19.1 Å². The summed E-state index contributed by atoms with van der Waals surface area (Å²) >= 11 is 0. The monoisotopic (exact) mass is 196 g/mol. The predicted molar refractivity (Wildman–Crippen MR) is 59.3 cm³/mol. The number of rotatable bonds is 1. The Morgan fingerprint density at radius 1 is 1.13 bits per heavy atom.